The van der Waals surface area contributed by atoms with Crippen molar-refractivity contribution in [1.82, 2.24) is 5.32 Å². The Morgan fingerprint density at radius 2 is 1.59 bits per heavy atom. The molecule has 0 spiro atoms. The van der Waals surface area contributed by atoms with E-state index in [0.29, 0.717) is 48.5 Å². The van der Waals surface area contributed by atoms with Crippen LogP contribution in [0.2, 0.25) is 5.02 Å². The van der Waals surface area contributed by atoms with Gasteiger partial charge in [-0.25, -0.2) is 0 Å². The van der Waals surface area contributed by atoms with Crippen molar-refractivity contribution in [2.45, 2.75) is 26.3 Å². The van der Waals surface area contributed by atoms with Crippen LogP contribution in [0.5, 0.6) is 17.2 Å². The lowest BCUT2D eigenvalue weighted by Gasteiger charge is -2.19. The maximum atomic E-state index is 13.0. The Labute approximate surface area is 195 Å². The van der Waals surface area contributed by atoms with Crippen LogP contribution in [0, 0.1) is 0 Å². The average molecular weight is 477 g/mol. The van der Waals surface area contributed by atoms with E-state index in [1.165, 1.54) is 32.7 Å². The quantitative estimate of drug-likeness (QED) is 0.500. The van der Waals surface area contributed by atoms with Crippen molar-refractivity contribution >= 4 is 50.5 Å². The van der Waals surface area contributed by atoms with E-state index in [9.17, 15) is 9.59 Å². The number of rotatable bonds is 6. The van der Waals surface area contributed by atoms with E-state index in [-0.39, 0.29) is 11.8 Å². The van der Waals surface area contributed by atoms with Gasteiger partial charge in [-0.3, -0.25) is 9.59 Å². The molecule has 0 aliphatic carbocycles. The molecule has 0 fully saturated rings. The summed E-state index contributed by atoms with van der Waals surface area (Å²) in [4.78, 5) is 26.1. The van der Waals surface area contributed by atoms with Crippen LogP contribution in [0.15, 0.2) is 30.3 Å². The molecule has 0 unspecified atom stereocenters. The molecule has 7 nitrogen and oxygen atoms in total. The highest BCUT2D eigenvalue weighted by Crippen LogP contribution is 2.41. The highest BCUT2D eigenvalue weighted by molar-refractivity contribution is 7.22. The number of ether oxygens (including phenoxy) is 3. The second-order valence-corrected chi connectivity index (χ2v) is 9.40. The first-order valence-electron chi connectivity index (χ1n) is 9.74. The van der Waals surface area contributed by atoms with E-state index in [1.807, 2.05) is 26.8 Å². The lowest BCUT2D eigenvalue weighted by molar-refractivity contribution is 0.0923. The third-order valence-electron chi connectivity index (χ3n) is 4.52. The molecule has 32 heavy (non-hydrogen) atoms. The van der Waals surface area contributed by atoms with Gasteiger partial charge in [-0.1, -0.05) is 23.7 Å². The predicted molar refractivity (Wildman–Crippen MR) is 128 cm³/mol. The fourth-order valence-corrected chi connectivity index (χ4v) is 4.61. The molecule has 170 valence electrons. The minimum Gasteiger partial charge on any atom is -0.493 e. The average Bonchev–Trinajstić information content (AvgIpc) is 3.09. The van der Waals surface area contributed by atoms with Crippen molar-refractivity contribution in [2.75, 3.05) is 26.6 Å². The molecule has 2 amide bonds. The molecule has 0 bridgehead atoms. The number of halogens is 1. The highest BCUT2D eigenvalue weighted by Gasteiger charge is 2.23. The number of hydrogen-bond donors (Lipinski definition) is 2. The molecule has 0 saturated heterocycles. The van der Waals surface area contributed by atoms with E-state index < -0.39 is 5.54 Å². The summed E-state index contributed by atoms with van der Waals surface area (Å²) in [6.45, 7) is 5.69. The lowest BCUT2D eigenvalue weighted by atomic mass is 10.1. The fraction of sp³-hybridized carbons (Fsp3) is 0.304. The Morgan fingerprint density at radius 3 is 2.12 bits per heavy atom. The Kier molecular flexibility index (Phi) is 6.85. The molecule has 0 aliphatic heterocycles. The number of carbonyl (C=O) groups excluding carboxylic acids is 2. The van der Waals surface area contributed by atoms with Gasteiger partial charge in [0.1, 0.15) is 4.88 Å². The number of carbonyl (C=O) groups is 2. The van der Waals surface area contributed by atoms with Gasteiger partial charge in [-0.2, -0.15) is 0 Å². The van der Waals surface area contributed by atoms with Crippen molar-refractivity contribution in [3.8, 4) is 17.2 Å². The summed E-state index contributed by atoms with van der Waals surface area (Å²) in [6.07, 6.45) is 0. The van der Waals surface area contributed by atoms with Gasteiger partial charge in [0, 0.05) is 16.5 Å². The molecule has 2 N–H and O–H groups in total. The number of methoxy groups -OCH3 is 3. The molecule has 3 aromatic rings. The Morgan fingerprint density at radius 1 is 0.969 bits per heavy atom. The number of amides is 2. The summed E-state index contributed by atoms with van der Waals surface area (Å²) < 4.78 is 16.7. The summed E-state index contributed by atoms with van der Waals surface area (Å²) in [5.41, 5.74) is 0.466. The third kappa shape index (κ3) is 4.76. The molecule has 2 aromatic carbocycles. The van der Waals surface area contributed by atoms with E-state index in [4.69, 9.17) is 25.8 Å². The van der Waals surface area contributed by atoms with E-state index in [1.54, 1.807) is 24.3 Å². The number of hydrogen-bond acceptors (Lipinski definition) is 6. The van der Waals surface area contributed by atoms with E-state index in [0.717, 1.165) is 0 Å². The van der Waals surface area contributed by atoms with E-state index in [2.05, 4.69) is 10.6 Å². The van der Waals surface area contributed by atoms with Crippen LogP contribution in [0.25, 0.3) is 10.1 Å². The Hall–Kier alpha value is -2.97. The second-order valence-electron chi connectivity index (χ2n) is 8.00. The van der Waals surface area contributed by atoms with Gasteiger partial charge in [0.25, 0.3) is 11.8 Å². The van der Waals surface area contributed by atoms with Gasteiger partial charge in [0.15, 0.2) is 11.5 Å². The molecular formula is C23H25ClN2O5S. The molecule has 0 saturated carbocycles. The van der Waals surface area contributed by atoms with Crippen molar-refractivity contribution < 1.29 is 23.8 Å². The lowest BCUT2D eigenvalue weighted by Crippen LogP contribution is -2.40. The summed E-state index contributed by atoms with van der Waals surface area (Å²) >= 11 is 7.74. The molecule has 1 aromatic heterocycles. The predicted octanol–water partition coefficient (Wildman–Crippen LogP) is 5.36. The van der Waals surface area contributed by atoms with Gasteiger partial charge in [-0.05, 0) is 39.0 Å². The van der Waals surface area contributed by atoms with Crippen LogP contribution in [0.1, 0.15) is 40.8 Å². The van der Waals surface area contributed by atoms with Crippen LogP contribution < -0.4 is 24.8 Å². The first-order valence-corrected chi connectivity index (χ1v) is 10.9. The molecule has 0 atom stereocenters. The molecular weight excluding hydrogens is 452 g/mol. The van der Waals surface area contributed by atoms with Crippen LogP contribution in [0.4, 0.5) is 5.69 Å². The Bertz CT molecular complexity index is 1160. The summed E-state index contributed by atoms with van der Waals surface area (Å²) in [6, 6.07) is 8.49. The molecule has 3 rings (SSSR count). The monoisotopic (exact) mass is 476 g/mol. The topological polar surface area (TPSA) is 85.9 Å². The number of benzene rings is 2. The van der Waals surface area contributed by atoms with Gasteiger partial charge in [0.05, 0.1) is 36.7 Å². The van der Waals surface area contributed by atoms with Crippen molar-refractivity contribution in [1.29, 1.82) is 0 Å². The molecule has 9 heteroatoms. The Balaban J connectivity index is 1.98. The number of anilines is 1. The first-order chi connectivity index (χ1) is 15.1. The number of fused-ring (bicyclic) bond motifs is 1. The molecule has 0 aliphatic rings. The SMILES string of the molecule is COc1cc(C(=O)Nc2cccc3c(Cl)c(C(=O)NC(C)(C)C)sc23)cc(OC)c1OC. The highest BCUT2D eigenvalue weighted by atomic mass is 35.5. The zero-order chi connectivity index (χ0) is 23.6. The number of nitrogens with one attached hydrogen (secondary N) is 2. The van der Waals surface area contributed by atoms with E-state index >= 15 is 0 Å². The van der Waals surface area contributed by atoms with Crippen LogP contribution >= 0.6 is 22.9 Å². The maximum absolute atomic E-state index is 13.0. The largest absolute Gasteiger partial charge is 0.493 e. The summed E-state index contributed by atoms with van der Waals surface area (Å²) in [7, 11) is 4.46. The smallest absolute Gasteiger partial charge is 0.263 e. The van der Waals surface area contributed by atoms with Crippen LogP contribution in [0.3, 0.4) is 0 Å². The van der Waals surface area contributed by atoms with Gasteiger partial charge in [0.2, 0.25) is 5.75 Å². The van der Waals surface area contributed by atoms with Crippen LogP contribution in [-0.4, -0.2) is 38.7 Å². The van der Waals surface area contributed by atoms with Crippen molar-refractivity contribution in [3.63, 3.8) is 0 Å². The molecule has 1 heterocycles. The van der Waals surface area contributed by atoms with Crippen molar-refractivity contribution in [2.24, 2.45) is 0 Å². The zero-order valence-electron chi connectivity index (χ0n) is 18.7. The minimum absolute atomic E-state index is 0.259. The summed E-state index contributed by atoms with van der Waals surface area (Å²) in [5, 5.41) is 6.87. The van der Waals surface area contributed by atoms with Gasteiger partial charge < -0.3 is 24.8 Å². The van der Waals surface area contributed by atoms with Crippen molar-refractivity contribution in [3.05, 3.63) is 45.8 Å². The second kappa shape index (κ2) is 9.26. The first kappa shape index (κ1) is 23.7. The number of thiophene rings is 1. The standard InChI is InChI=1S/C23H25ClN2O5S/c1-23(2,3)26-22(28)20-17(24)13-8-7-9-14(19(13)32-20)25-21(27)12-10-15(29-4)18(31-6)16(11-12)30-5/h7-11H,1-6H3,(H,25,27)(H,26,28). The normalized spacial score (nSPS) is 11.2. The van der Waals surface area contributed by atoms with Crippen LogP contribution in [-0.2, 0) is 0 Å². The third-order valence-corrected chi connectivity index (χ3v) is 6.27. The van der Waals surface area contributed by atoms with Gasteiger partial charge in [-0.15, -0.1) is 11.3 Å². The van der Waals surface area contributed by atoms with Gasteiger partial charge >= 0.3 is 0 Å². The summed E-state index contributed by atoms with van der Waals surface area (Å²) in [5.74, 6) is 0.506. The minimum atomic E-state index is -0.403. The molecule has 0 radical (unpaired) electrons. The maximum Gasteiger partial charge on any atom is 0.263 e. The zero-order valence-corrected chi connectivity index (χ0v) is 20.3. The fourth-order valence-electron chi connectivity index (χ4n) is 3.14.